The van der Waals surface area contributed by atoms with Gasteiger partial charge in [-0.3, -0.25) is 4.79 Å². The maximum Gasteiger partial charge on any atom is 0.251 e. The van der Waals surface area contributed by atoms with E-state index in [2.05, 4.69) is 15.3 Å². The molecule has 0 spiro atoms. The molecule has 5 rings (SSSR count). The van der Waals surface area contributed by atoms with Crippen molar-refractivity contribution in [2.75, 3.05) is 6.54 Å². The van der Waals surface area contributed by atoms with Crippen LogP contribution in [0.1, 0.15) is 21.7 Å². The first kappa shape index (κ1) is 25.6. The minimum absolute atomic E-state index is 0.173. The smallest absolute Gasteiger partial charge is 0.251 e. The Hall–Kier alpha value is -4.01. The number of ether oxygens (including phenoxy) is 2. The van der Waals surface area contributed by atoms with E-state index < -0.39 is 0 Å². The van der Waals surface area contributed by atoms with Crippen molar-refractivity contribution in [1.82, 2.24) is 19.9 Å². The van der Waals surface area contributed by atoms with Crippen LogP contribution in [0.4, 0.5) is 0 Å². The second-order valence-electron chi connectivity index (χ2n) is 8.75. The van der Waals surface area contributed by atoms with Crippen LogP contribution in [0.25, 0.3) is 11.0 Å². The van der Waals surface area contributed by atoms with Crippen LogP contribution in [-0.2, 0) is 26.8 Å². The molecular formula is C28H26Cl2N5O3+. The molecule has 8 nitrogen and oxygen atoms in total. The summed E-state index contributed by atoms with van der Waals surface area (Å²) in [7, 11) is 1.95. The van der Waals surface area contributed by atoms with Crippen molar-refractivity contribution >= 4 is 40.1 Å². The Morgan fingerprint density at radius 1 is 1.05 bits per heavy atom. The number of halogens is 2. The molecule has 0 saturated heterocycles. The fourth-order valence-corrected chi connectivity index (χ4v) is 4.39. The van der Waals surface area contributed by atoms with Gasteiger partial charge in [-0.15, -0.1) is 0 Å². The highest BCUT2D eigenvalue weighted by atomic mass is 35.5. The first-order valence-electron chi connectivity index (χ1n) is 12.0. The lowest BCUT2D eigenvalue weighted by molar-refractivity contribution is -0.671. The Labute approximate surface area is 229 Å². The van der Waals surface area contributed by atoms with E-state index in [0.29, 0.717) is 46.0 Å². The van der Waals surface area contributed by atoms with E-state index >= 15 is 0 Å². The van der Waals surface area contributed by atoms with E-state index in [9.17, 15) is 4.79 Å². The van der Waals surface area contributed by atoms with Crippen molar-refractivity contribution in [3.8, 4) is 11.5 Å². The van der Waals surface area contributed by atoms with Gasteiger partial charge in [-0.1, -0.05) is 41.4 Å². The van der Waals surface area contributed by atoms with Gasteiger partial charge in [-0.2, -0.15) is 0 Å². The lowest BCUT2D eigenvalue weighted by atomic mass is 10.2. The number of nitrogens with one attached hydrogen (secondary N) is 2. The molecule has 0 saturated carbocycles. The van der Waals surface area contributed by atoms with Gasteiger partial charge in [0.1, 0.15) is 38.0 Å². The van der Waals surface area contributed by atoms with Gasteiger partial charge in [0, 0.05) is 21.2 Å². The zero-order chi connectivity index (χ0) is 26.5. The summed E-state index contributed by atoms with van der Waals surface area (Å²) in [4.78, 5) is 20.7. The summed E-state index contributed by atoms with van der Waals surface area (Å²) in [6.07, 6.45) is 5.85. The van der Waals surface area contributed by atoms with Gasteiger partial charge >= 0.3 is 0 Å². The molecule has 0 atom stereocenters. The van der Waals surface area contributed by atoms with E-state index in [1.165, 1.54) is 0 Å². The number of hydrogen-bond acceptors (Lipinski definition) is 4. The van der Waals surface area contributed by atoms with Crippen molar-refractivity contribution in [1.29, 1.82) is 0 Å². The molecular weight excluding hydrogens is 525 g/mol. The Bertz CT molecular complexity index is 1550. The number of carbonyl (C=O) groups excluding carboxylic acids is 1. The monoisotopic (exact) mass is 550 g/mol. The third-order valence-corrected chi connectivity index (χ3v) is 6.47. The average Bonchev–Trinajstić information content (AvgIpc) is 3.52. The van der Waals surface area contributed by atoms with E-state index in [0.717, 1.165) is 16.6 Å². The number of para-hydroxylation sites is 2. The molecule has 0 aliphatic heterocycles. The highest BCUT2D eigenvalue weighted by molar-refractivity contribution is 6.35. The molecule has 3 aromatic carbocycles. The van der Waals surface area contributed by atoms with Crippen LogP contribution in [0.3, 0.4) is 0 Å². The van der Waals surface area contributed by atoms with E-state index in [4.69, 9.17) is 32.7 Å². The summed E-state index contributed by atoms with van der Waals surface area (Å²) in [6.45, 7) is 1.51. The van der Waals surface area contributed by atoms with Gasteiger partial charge in [-0.05, 0) is 42.5 Å². The molecule has 1 amide bonds. The van der Waals surface area contributed by atoms with Gasteiger partial charge in [0.2, 0.25) is 6.33 Å². The number of aromatic nitrogens is 4. The molecule has 2 N–H and O–H groups in total. The van der Waals surface area contributed by atoms with Gasteiger partial charge in [0.05, 0.1) is 24.6 Å². The van der Waals surface area contributed by atoms with E-state index in [-0.39, 0.29) is 19.1 Å². The number of H-pyrrole nitrogens is 1. The first-order valence-corrected chi connectivity index (χ1v) is 12.8. The Kier molecular flexibility index (Phi) is 7.81. The van der Waals surface area contributed by atoms with Gasteiger partial charge in [-0.25, -0.2) is 14.1 Å². The quantitative estimate of drug-likeness (QED) is 0.237. The number of imidazole rings is 2. The van der Waals surface area contributed by atoms with Crippen molar-refractivity contribution < 1.29 is 18.8 Å². The van der Waals surface area contributed by atoms with Gasteiger partial charge < -0.3 is 19.8 Å². The molecule has 0 aliphatic carbocycles. The van der Waals surface area contributed by atoms with Gasteiger partial charge in [0.15, 0.2) is 11.5 Å². The highest BCUT2D eigenvalue weighted by Crippen LogP contribution is 2.31. The number of amides is 1. The molecule has 0 unspecified atom stereocenters. The number of aryl methyl sites for hydroxylation is 1. The van der Waals surface area contributed by atoms with Crippen molar-refractivity contribution in [2.45, 2.75) is 19.8 Å². The minimum atomic E-state index is -0.209. The molecule has 0 bridgehead atoms. The normalized spacial score (nSPS) is 11.0. The van der Waals surface area contributed by atoms with Crippen LogP contribution in [0.2, 0.25) is 10.0 Å². The summed E-state index contributed by atoms with van der Waals surface area (Å²) in [5.74, 6) is 1.36. The molecule has 10 heteroatoms. The molecule has 5 aromatic rings. The van der Waals surface area contributed by atoms with Crippen molar-refractivity contribution in [3.63, 3.8) is 0 Å². The van der Waals surface area contributed by atoms with Gasteiger partial charge in [0.25, 0.3) is 5.91 Å². The summed E-state index contributed by atoms with van der Waals surface area (Å²) >= 11 is 12.4. The van der Waals surface area contributed by atoms with Crippen LogP contribution in [0.5, 0.6) is 11.5 Å². The number of carbonyl (C=O) groups is 1. The fourth-order valence-electron chi connectivity index (χ4n) is 3.93. The fraction of sp³-hybridized carbons (Fsp3) is 0.179. The third-order valence-electron chi connectivity index (χ3n) is 5.89. The molecule has 2 aromatic heterocycles. The molecule has 0 radical (unpaired) electrons. The predicted octanol–water partition coefficient (Wildman–Crippen LogP) is 5.08. The standard InChI is InChI=1S/C28H25Cl2N5O3/c1-34-12-13-35(18-34)11-10-31-28(36)19-7-9-25(38-17-27-32-23-4-2-3-5-24(23)33-27)26(14-19)37-16-20-6-8-21(29)15-22(20)30/h2-9,12-15,18H,10-11,16-17H2,1H3,(H-,31,32,33,36)/p+1. The SMILES string of the molecule is C[n+]1ccn(CCNC(=O)c2ccc(OCc3nc4ccccc4[nH]3)c(OCc3ccc(Cl)cc3Cl)c2)c1. The minimum Gasteiger partial charge on any atom is -0.485 e. The topological polar surface area (TPSA) is 85.0 Å². The lowest BCUT2D eigenvalue weighted by Crippen LogP contribution is -2.28. The molecule has 2 heterocycles. The Morgan fingerprint density at radius 3 is 2.68 bits per heavy atom. The number of nitrogens with zero attached hydrogens (tertiary/aromatic N) is 3. The number of fused-ring (bicyclic) bond motifs is 1. The molecule has 0 aliphatic rings. The average molecular weight is 551 g/mol. The third kappa shape index (κ3) is 6.27. The second kappa shape index (κ2) is 11.6. The zero-order valence-corrected chi connectivity index (χ0v) is 22.2. The predicted molar refractivity (Wildman–Crippen MR) is 146 cm³/mol. The largest absolute Gasteiger partial charge is 0.485 e. The lowest BCUT2D eigenvalue weighted by Gasteiger charge is -2.14. The zero-order valence-electron chi connectivity index (χ0n) is 20.7. The molecule has 0 fully saturated rings. The van der Waals surface area contributed by atoms with Crippen LogP contribution in [0.15, 0.2) is 79.4 Å². The van der Waals surface area contributed by atoms with Crippen LogP contribution in [-0.4, -0.2) is 27.0 Å². The Balaban J connectivity index is 1.31. The van der Waals surface area contributed by atoms with Crippen LogP contribution in [0, 0.1) is 0 Å². The van der Waals surface area contributed by atoms with Crippen molar-refractivity contribution in [2.24, 2.45) is 7.05 Å². The number of benzene rings is 3. The molecule has 194 valence electrons. The maximum absolute atomic E-state index is 12.9. The number of rotatable bonds is 10. The summed E-state index contributed by atoms with van der Waals surface area (Å²) in [6, 6.07) is 18.1. The maximum atomic E-state index is 12.9. The number of aromatic amines is 1. The summed E-state index contributed by atoms with van der Waals surface area (Å²) in [5, 5.41) is 3.99. The van der Waals surface area contributed by atoms with E-state index in [1.807, 2.05) is 59.2 Å². The summed E-state index contributed by atoms with van der Waals surface area (Å²) < 4.78 is 16.1. The van der Waals surface area contributed by atoms with Crippen LogP contribution >= 0.6 is 23.2 Å². The first-order chi connectivity index (χ1) is 18.4. The molecule has 38 heavy (non-hydrogen) atoms. The van der Waals surface area contributed by atoms with Crippen molar-refractivity contribution in [3.05, 3.63) is 106 Å². The van der Waals surface area contributed by atoms with Crippen LogP contribution < -0.4 is 19.4 Å². The number of hydrogen-bond donors (Lipinski definition) is 2. The Morgan fingerprint density at radius 2 is 1.89 bits per heavy atom. The summed E-state index contributed by atoms with van der Waals surface area (Å²) in [5.41, 5.74) is 3.01. The highest BCUT2D eigenvalue weighted by Gasteiger charge is 2.14. The second-order valence-corrected chi connectivity index (χ2v) is 9.59. The van der Waals surface area contributed by atoms with E-state index in [1.54, 1.807) is 36.4 Å².